The maximum Gasteiger partial charge on any atom is 0.494 e. The van der Waals surface area contributed by atoms with Gasteiger partial charge in [0, 0.05) is 24.2 Å². The van der Waals surface area contributed by atoms with Crippen molar-refractivity contribution in [3.63, 3.8) is 0 Å². The Bertz CT molecular complexity index is 1640. The molecule has 2 unspecified atom stereocenters. The van der Waals surface area contributed by atoms with E-state index in [0.717, 1.165) is 21.6 Å². The number of anilines is 2. The molecule has 1 fully saturated rings. The molecule has 1 aliphatic rings. The highest BCUT2D eigenvalue weighted by Crippen LogP contribution is 2.44. The van der Waals surface area contributed by atoms with Crippen LogP contribution in [0.2, 0.25) is 5.15 Å². The van der Waals surface area contributed by atoms with E-state index in [1.807, 2.05) is 43.7 Å². The van der Waals surface area contributed by atoms with Crippen molar-refractivity contribution in [1.82, 2.24) is 29.8 Å². The van der Waals surface area contributed by atoms with Gasteiger partial charge in [0.05, 0.1) is 34.8 Å². The number of aryl methyl sites for hydroxylation is 1. The van der Waals surface area contributed by atoms with Gasteiger partial charge in [-0.3, -0.25) is 4.79 Å². The first-order chi connectivity index (χ1) is 20.2. The molecule has 0 spiro atoms. The maximum absolute atomic E-state index is 12.8. The Morgan fingerprint density at radius 1 is 1.12 bits per heavy atom. The van der Waals surface area contributed by atoms with Crippen molar-refractivity contribution in [3.05, 3.63) is 75.5 Å². The normalized spacial score (nSPS) is 19.0. The monoisotopic (exact) mass is 621 g/mol. The van der Waals surface area contributed by atoms with Crippen molar-refractivity contribution in [2.75, 3.05) is 5.32 Å². The lowest BCUT2D eigenvalue weighted by Gasteiger charge is -2.41. The third-order valence-electron chi connectivity index (χ3n) is 8.13. The van der Waals surface area contributed by atoms with Crippen LogP contribution in [0.15, 0.2) is 49.3 Å². The van der Waals surface area contributed by atoms with E-state index in [9.17, 15) is 4.79 Å². The fourth-order valence-corrected chi connectivity index (χ4v) is 6.03. The molecule has 3 aromatic heterocycles. The summed E-state index contributed by atoms with van der Waals surface area (Å²) in [6.45, 7) is 17.0. The molecule has 0 saturated carbocycles. The maximum atomic E-state index is 12.8. The number of carbonyl (C=O) groups excluding carboxylic acids is 1. The van der Waals surface area contributed by atoms with Crippen LogP contribution in [-0.2, 0) is 21.3 Å². The topological polar surface area (TPSA) is 116 Å². The number of rotatable bonds is 8. The SMILES string of the molecule is Cc1cc(B2OC(C)(C)C(C)(C(C)n3cnc(Nc4cc(Cl)ncn4)c3)O2)ccc1CNC(=O)c1cnc(C(C)(C)C)s1. The molecule has 0 aliphatic carbocycles. The Balaban J connectivity index is 1.25. The number of hydrogen-bond donors (Lipinski definition) is 2. The average molecular weight is 622 g/mol. The summed E-state index contributed by atoms with van der Waals surface area (Å²) < 4.78 is 15.2. The van der Waals surface area contributed by atoms with Crippen LogP contribution in [0.4, 0.5) is 11.6 Å². The van der Waals surface area contributed by atoms with Crippen LogP contribution in [-0.4, -0.2) is 48.7 Å². The van der Waals surface area contributed by atoms with Gasteiger partial charge in [-0.05, 0) is 51.2 Å². The number of nitrogens with zero attached hydrogens (tertiary/aromatic N) is 5. The Kier molecular flexibility index (Phi) is 8.43. The van der Waals surface area contributed by atoms with E-state index in [0.29, 0.717) is 28.2 Å². The number of amides is 1. The molecule has 226 valence electrons. The molecule has 0 radical (unpaired) electrons. The molecule has 10 nitrogen and oxygen atoms in total. The van der Waals surface area contributed by atoms with Crippen LogP contribution in [0.5, 0.6) is 0 Å². The number of benzene rings is 1. The third-order valence-corrected chi connectivity index (χ3v) is 9.76. The van der Waals surface area contributed by atoms with E-state index in [4.69, 9.17) is 20.9 Å². The second-order valence-electron chi connectivity index (χ2n) is 12.6. The van der Waals surface area contributed by atoms with E-state index in [1.165, 1.54) is 17.7 Å². The number of thiazole rings is 1. The summed E-state index contributed by atoms with van der Waals surface area (Å²) in [6.07, 6.45) is 6.72. The van der Waals surface area contributed by atoms with E-state index in [1.54, 1.807) is 18.6 Å². The lowest BCUT2D eigenvalue weighted by atomic mass is 9.77. The summed E-state index contributed by atoms with van der Waals surface area (Å²) in [5.41, 5.74) is 1.59. The van der Waals surface area contributed by atoms with Gasteiger partial charge < -0.3 is 24.5 Å². The summed E-state index contributed by atoms with van der Waals surface area (Å²) >= 11 is 7.42. The number of hydrogen-bond acceptors (Lipinski definition) is 9. The molecule has 5 rings (SSSR count). The van der Waals surface area contributed by atoms with Crippen LogP contribution >= 0.6 is 22.9 Å². The van der Waals surface area contributed by atoms with Gasteiger partial charge in [-0.25, -0.2) is 19.9 Å². The van der Waals surface area contributed by atoms with E-state index < -0.39 is 18.3 Å². The predicted molar refractivity (Wildman–Crippen MR) is 170 cm³/mol. The van der Waals surface area contributed by atoms with Gasteiger partial charge >= 0.3 is 7.12 Å². The van der Waals surface area contributed by atoms with Crippen molar-refractivity contribution in [2.24, 2.45) is 0 Å². The molecule has 2 atom stereocenters. The molecule has 13 heteroatoms. The van der Waals surface area contributed by atoms with Crippen molar-refractivity contribution in [1.29, 1.82) is 0 Å². The lowest BCUT2D eigenvalue weighted by molar-refractivity contribution is -0.0439. The lowest BCUT2D eigenvalue weighted by Crippen LogP contribution is -2.50. The van der Waals surface area contributed by atoms with E-state index in [2.05, 4.69) is 71.3 Å². The zero-order valence-corrected chi connectivity index (χ0v) is 27.3. The summed E-state index contributed by atoms with van der Waals surface area (Å²) in [5, 5.41) is 7.48. The van der Waals surface area contributed by atoms with Crippen LogP contribution in [0.1, 0.15) is 80.3 Å². The number of nitrogens with one attached hydrogen (secondary N) is 2. The smallest absolute Gasteiger partial charge is 0.399 e. The first-order valence-electron chi connectivity index (χ1n) is 14.1. The molecule has 1 saturated heterocycles. The third kappa shape index (κ3) is 6.47. The van der Waals surface area contributed by atoms with Crippen molar-refractivity contribution in [2.45, 2.75) is 84.6 Å². The Hall–Kier alpha value is -3.32. The molecule has 0 bridgehead atoms. The Morgan fingerprint density at radius 3 is 2.56 bits per heavy atom. The molecule has 4 aromatic rings. The number of aromatic nitrogens is 5. The Labute approximate surface area is 261 Å². The quantitative estimate of drug-likeness (QED) is 0.193. The molecule has 4 heterocycles. The summed E-state index contributed by atoms with van der Waals surface area (Å²) in [6, 6.07) is 7.60. The van der Waals surface area contributed by atoms with Gasteiger partial charge in [-0.2, -0.15) is 0 Å². The number of halogens is 1. The molecule has 43 heavy (non-hydrogen) atoms. The van der Waals surface area contributed by atoms with Crippen LogP contribution in [0.3, 0.4) is 0 Å². The molecule has 1 aliphatic heterocycles. The zero-order chi connectivity index (χ0) is 31.2. The first kappa shape index (κ1) is 31.1. The first-order valence-corrected chi connectivity index (χ1v) is 15.3. The minimum atomic E-state index is -0.685. The van der Waals surface area contributed by atoms with E-state index >= 15 is 0 Å². The summed E-state index contributed by atoms with van der Waals surface area (Å²) in [7, 11) is -0.554. The highest BCUT2D eigenvalue weighted by molar-refractivity contribution is 7.13. The molecular formula is C30H37BClN7O3S. The van der Waals surface area contributed by atoms with E-state index in [-0.39, 0.29) is 17.4 Å². The average Bonchev–Trinajstić information content (AvgIpc) is 3.66. The van der Waals surface area contributed by atoms with Crippen molar-refractivity contribution in [3.8, 4) is 0 Å². The van der Waals surface area contributed by atoms with Gasteiger partial charge in [0.2, 0.25) is 0 Å². The number of imidazole rings is 1. The van der Waals surface area contributed by atoms with Crippen LogP contribution in [0, 0.1) is 6.92 Å². The van der Waals surface area contributed by atoms with Crippen molar-refractivity contribution >= 4 is 53.1 Å². The largest absolute Gasteiger partial charge is 0.494 e. The minimum absolute atomic E-state index is 0.0885. The molecular weight excluding hydrogens is 585 g/mol. The van der Waals surface area contributed by atoms with Crippen LogP contribution in [0.25, 0.3) is 0 Å². The highest BCUT2D eigenvalue weighted by atomic mass is 35.5. The summed E-state index contributed by atoms with van der Waals surface area (Å²) in [5.74, 6) is 1.06. The fraction of sp³-hybridized carbons (Fsp3) is 0.433. The molecule has 1 aromatic carbocycles. The zero-order valence-electron chi connectivity index (χ0n) is 25.7. The summed E-state index contributed by atoms with van der Waals surface area (Å²) in [4.78, 5) is 30.4. The van der Waals surface area contributed by atoms with Gasteiger partial charge in [-0.15, -0.1) is 11.3 Å². The van der Waals surface area contributed by atoms with Crippen molar-refractivity contribution < 1.29 is 14.1 Å². The molecule has 1 amide bonds. The van der Waals surface area contributed by atoms with Gasteiger partial charge in [0.25, 0.3) is 5.91 Å². The van der Waals surface area contributed by atoms with Gasteiger partial charge in [0.15, 0.2) is 0 Å². The van der Waals surface area contributed by atoms with Crippen LogP contribution < -0.4 is 16.1 Å². The van der Waals surface area contributed by atoms with Gasteiger partial charge in [0.1, 0.15) is 28.0 Å². The van der Waals surface area contributed by atoms with Gasteiger partial charge in [-0.1, -0.05) is 50.6 Å². The fourth-order valence-electron chi connectivity index (χ4n) is 4.99. The second-order valence-corrected chi connectivity index (χ2v) is 14.0. The standard InChI is InChI=1S/C30H37BClN7O3S/c1-18-11-21(10-9-20(18)13-33-26(40)22-14-34-27(43-22)28(3,4)5)31-41-29(6,7)30(8,42-31)19(2)39-15-25(37-17-39)38-24-12-23(32)35-16-36-24/h9-12,14-17,19H,13H2,1-8H3,(H,33,40)(H,35,36,38). The Morgan fingerprint density at radius 2 is 1.88 bits per heavy atom. The minimum Gasteiger partial charge on any atom is -0.399 e. The molecule has 2 N–H and O–H groups in total. The second kappa shape index (κ2) is 11.6. The number of carbonyl (C=O) groups is 1. The highest BCUT2D eigenvalue weighted by Gasteiger charge is 2.57. The predicted octanol–water partition coefficient (Wildman–Crippen LogP) is 5.60.